The monoisotopic (exact) mass is 1070 g/mol. The Balaban J connectivity index is 1.68. The molecule has 11 amide bonds. The van der Waals surface area contributed by atoms with E-state index in [1.165, 1.54) is 24.3 Å². The van der Waals surface area contributed by atoms with E-state index in [2.05, 4.69) is 42.2 Å². The third-order valence-corrected chi connectivity index (χ3v) is 13.6. The highest BCUT2D eigenvalue weighted by Gasteiger charge is 2.39. The average molecular weight is 1070 g/mol. The van der Waals surface area contributed by atoms with E-state index >= 15 is 0 Å². The van der Waals surface area contributed by atoms with Crippen molar-refractivity contribution < 1.29 is 57.8 Å². The number of carbonyl (C=O) groups excluding carboxylic acids is 11. The summed E-state index contributed by atoms with van der Waals surface area (Å²) < 4.78 is 0. The second-order valence-corrected chi connectivity index (χ2v) is 19.6. The summed E-state index contributed by atoms with van der Waals surface area (Å²) in [6.45, 7) is -0.610. The maximum atomic E-state index is 14.5. The summed E-state index contributed by atoms with van der Waals surface area (Å²) in [5.74, 6) is -10.1. The normalized spacial score (nSPS) is 21.5. The lowest BCUT2D eigenvalue weighted by Gasteiger charge is -2.30. The lowest BCUT2D eigenvalue weighted by Crippen LogP contribution is -2.61. The van der Waals surface area contributed by atoms with Gasteiger partial charge in [-0.05, 0) is 42.5 Å². The van der Waals surface area contributed by atoms with E-state index in [4.69, 9.17) is 28.7 Å². The van der Waals surface area contributed by atoms with Gasteiger partial charge in [0.2, 0.25) is 65.0 Å². The zero-order valence-corrected chi connectivity index (χ0v) is 41.8. The molecule has 28 heteroatoms. The van der Waals surface area contributed by atoms with Gasteiger partial charge in [-0.1, -0.05) is 76.2 Å². The zero-order chi connectivity index (χ0) is 54.3. The van der Waals surface area contributed by atoms with Crippen LogP contribution in [0.25, 0.3) is 0 Å². The van der Waals surface area contributed by atoms with Gasteiger partial charge in [-0.25, -0.2) is 0 Å². The minimum atomic E-state index is -1.79. The molecule has 0 bridgehead atoms. The van der Waals surface area contributed by atoms with E-state index in [-0.39, 0.29) is 68.4 Å². The SMILES string of the molecule is NC(=O)CC[C@@H]1NC(=O)[C@H](Cc2ccccc2)NC(=O)[C@H](Cc2ccc(O)cc2)NC(=O)CCSSC[C@@H](C(=O)N2CC=C[C@H]2C(=O)N[C@@H](CCCN=C(N)N)C(=O)NCC(N)=O)NC(=O)[C@H](CC(N)=O)NC1=O. The number of aliphatic imine (C=N–C) groups is 1. The smallest absolute Gasteiger partial charge is 0.247 e. The van der Waals surface area contributed by atoms with Crippen molar-refractivity contribution in [2.75, 3.05) is 31.1 Å². The number of phenolic OH excluding ortho intramolecular Hbond substituents is 1. The molecule has 2 heterocycles. The second kappa shape index (κ2) is 29.6. The number of phenols is 1. The summed E-state index contributed by atoms with van der Waals surface area (Å²) >= 11 is 0. The van der Waals surface area contributed by atoms with Crippen LogP contribution in [0, 0.1) is 0 Å². The molecule has 4 rings (SSSR count). The lowest BCUT2D eigenvalue weighted by atomic mass is 10.0. The maximum Gasteiger partial charge on any atom is 0.247 e. The van der Waals surface area contributed by atoms with Crippen LogP contribution < -0.4 is 65.9 Å². The zero-order valence-electron chi connectivity index (χ0n) is 40.1. The second-order valence-electron chi connectivity index (χ2n) is 17.0. The molecule has 26 nitrogen and oxygen atoms in total. The standard InChI is InChI=1S/C46H62N14O12S2/c47-35(62)15-14-29-40(67)58-32(22-36(48)63)43(70)59-33(45(72)60-18-5-9-34(60)44(71)56-28(8-4-17-52-46(50)51)39(66)53-23-37(49)64)24-74-73-19-16-38(65)54-30(21-26-10-12-27(61)13-11-26)41(68)57-31(42(69)55-29)20-25-6-2-1-3-7-25/h1-3,5-7,9-13,28-34,61H,4,8,14-24H2,(H2,47,62)(H2,48,63)(H2,49,64)(H,53,66)(H,54,65)(H,55,69)(H,56,71)(H,57,68)(H,58,67)(H,59,70)(H4,50,51,52)/t28-,29-,30-,31-,32-,33-,34-/m0/s1. The summed E-state index contributed by atoms with van der Waals surface area (Å²) in [7, 11) is 2.15. The van der Waals surface area contributed by atoms with E-state index in [1.54, 1.807) is 42.5 Å². The number of hydrogen-bond acceptors (Lipinski definition) is 15. The molecular weight excluding hydrogens is 1000 g/mol. The Labute approximate surface area is 433 Å². The molecule has 400 valence electrons. The van der Waals surface area contributed by atoms with Gasteiger partial charge in [0.05, 0.1) is 13.0 Å². The number of guanidine groups is 1. The van der Waals surface area contributed by atoms with Crippen LogP contribution in [0.15, 0.2) is 71.7 Å². The number of nitrogens with two attached hydrogens (primary N) is 5. The highest BCUT2D eigenvalue weighted by atomic mass is 33.1. The Morgan fingerprint density at radius 2 is 1.34 bits per heavy atom. The number of amides is 11. The molecule has 1 saturated heterocycles. The van der Waals surface area contributed by atoms with E-state index in [9.17, 15) is 57.8 Å². The van der Waals surface area contributed by atoms with Crippen molar-refractivity contribution in [2.45, 2.75) is 93.7 Å². The van der Waals surface area contributed by atoms with Gasteiger partial charge < -0.3 is 75.9 Å². The van der Waals surface area contributed by atoms with E-state index in [1.807, 2.05) is 0 Å². The van der Waals surface area contributed by atoms with Crippen molar-refractivity contribution in [3.05, 3.63) is 77.9 Å². The van der Waals surface area contributed by atoms with Gasteiger partial charge >= 0.3 is 0 Å². The molecule has 7 atom stereocenters. The average Bonchev–Trinajstić information content (AvgIpc) is 3.85. The predicted molar refractivity (Wildman–Crippen MR) is 272 cm³/mol. The van der Waals surface area contributed by atoms with Crippen molar-refractivity contribution in [1.82, 2.24) is 42.1 Å². The molecule has 1 fully saturated rings. The van der Waals surface area contributed by atoms with Crippen LogP contribution in [-0.4, -0.2) is 154 Å². The van der Waals surface area contributed by atoms with Crippen molar-refractivity contribution >= 4 is 92.5 Å². The molecule has 2 aromatic rings. The minimum Gasteiger partial charge on any atom is -0.508 e. The van der Waals surface area contributed by atoms with Gasteiger partial charge in [-0.3, -0.25) is 57.7 Å². The quantitative estimate of drug-likeness (QED) is 0.0207. The Kier molecular flexibility index (Phi) is 23.5. The summed E-state index contributed by atoms with van der Waals surface area (Å²) in [5.41, 5.74) is 28.1. The largest absolute Gasteiger partial charge is 0.508 e. The first-order chi connectivity index (χ1) is 35.2. The number of nitrogens with one attached hydrogen (secondary N) is 7. The Morgan fingerprint density at radius 3 is 1.97 bits per heavy atom. The molecule has 74 heavy (non-hydrogen) atoms. The number of carbonyl (C=O) groups is 11. The van der Waals surface area contributed by atoms with Crippen LogP contribution in [0.2, 0.25) is 0 Å². The van der Waals surface area contributed by atoms with E-state index in [0.717, 1.165) is 26.5 Å². The third-order valence-electron chi connectivity index (χ3n) is 11.2. The highest BCUT2D eigenvalue weighted by molar-refractivity contribution is 8.76. The molecule has 2 aromatic carbocycles. The molecule has 2 aliphatic rings. The van der Waals surface area contributed by atoms with Crippen LogP contribution in [0.1, 0.15) is 49.7 Å². The highest BCUT2D eigenvalue weighted by Crippen LogP contribution is 2.25. The van der Waals surface area contributed by atoms with Gasteiger partial charge in [0, 0.05) is 50.3 Å². The number of rotatable bonds is 19. The Hall–Kier alpha value is -7.88. The molecule has 0 aliphatic carbocycles. The first-order valence-corrected chi connectivity index (χ1v) is 25.7. The molecule has 18 N–H and O–H groups in total. The molecule has 0 unspecified atom stereocenters. The van der Waals surface area contributed by atoms with Crippen LogP contribution in [0.5, 0.6) is 5.75 Å². The fourth-order valence-corrected chi connectivity index (χ4v) is 9.59. The third kappa shape index (κ3) is 20.0. The van der Waals surface area contributed by atoms with Gasteiger partial charge in [0.1, 0.15) is 48.0 Å². The van der Waals surface area contributed by atoms with Crippen LogP contribution >= 0.6 is 21.6 Å². The fraction of sp³-hybridized carbons (Fsp3) is 0.435. The predicted octanol–water partition coefficient (Wildman–Crippen LogP) is -4.57. The van der Waals surface area contributed by atoms with Crippen LogP contribution in [0.3, 0.4) is 0 Å². The molecular formula is C46H62N14O12S2. The molecule has 0 radical (unpaired) electrons. The topological polar surface area (TPSA) is 438 Å². The first kappa shape index (κ1) is 58.7. The summed E-state index contributed by atoms with van der Waals surface area (Å²) in [6, 6.07) is 4.20. The Bertz CT molecular complexity index is 2430. The van der Waals surface area contributed by atoms with Crippen molar-refractivity contribution in [3.63, 3.8) is 0 Å². The molecule has 0 spiro atoms. The minimum absolute atomic E-state index is 0.0113. The number of nitrogens with zero attached hydrogens (tertiary/aromatic N) is 2. The lowest BCUT2D eigenvalue weighted by molar-refractivity contribution is -0.141. The summed E-state index contributed by atoms with van der Waals surface area (Å²) in [4.78, 5) is 153. The van der Waals surface area contributed by atoms with Gasteiger partial charge in [-0.2, -0.15) is 0 Å². The number of hydrogen-bond donors (Lipinski definition) is 13. The molecule has 0 saturated carbocycles. The van der Waals surface area contributed by atoms with Gasteiger partial charge in [-0.15, -0.1) is 0 Å². The number of aromatic hydroxyl groups is 1. The maximum absolute atomic E-state index is 14.5. The van der Waals surface area contributed by atoms with Crippen LogP contribution in [0.4, 0.5) is 0 Å². The summed E-state index contributed by atoms with van der Waals surface area (Å²) in [6.07, 6.45) is 0.998. The first-order valence-electron chi connectivity index (χ1n) is 23.2. The van der Waals surface area contributed by atoms with Crippen molar-refractivity contribution in [3.8, 4) is 5.75 Å². The number of benzene rings is 2. The summed E-state index contributed by atoms with van der Waals surface area (Å²) in [5, 5.41) is 27.7. The van der Waals surface area contributed by atoms with E-state index < -0.39 is 133 Å². The van der Waals surface area contributed by atoms with Crippen molar-refractivity contribution in [2.24, 2.45) is 33.7 Å². The van der Waals surface area contributed by atoms with Gasteiger partial charge in [0.25, 0.3) is 0 Å². The van der Waals surface area contributed by atoms with E-state index in [0.29, 0.717) is 11.1 Å². The fourth-order valence-electron chi connectivity index (χ4n) is 7.45. The van der Waals surface area contributed by atoms with Gasteiger partial charge in [0.15, 0.2) is 5.96 Å². The Morgan fingerprint density at radius 1 is 0.730 bits per heavy atom. The molecule has 0 aromatic heterocycles. The molecule has 2 aliphatic heterocycles. The van der Waals surface area contributed by atoms with Crippen LogP contribution in [-0.2, 0) is 65.6 Å². The number of primary amides is 3. The van der Waals surface area contributed by atoms with Crippen molar-refractivity contribution in [1.29, 1.82) is 0 Å².